The number of carboxylic acid groups (broad SMARTS) is 6. The van der Waals surface area contributed by atoms with E-state index in [1.807, 2.05) is 60.7 Å². The summed E-state index contributed by atoms with van der Waals surface area (Å²) in [7, 11) is -0.578. The zero-order valence-corrected chi connectivity index (χ0v) is 82.0. The predicted molar refractivity (Wildman–Crippen MR) is 543 cm³/mol. The Labute approximate surface area is 770 Å². The highest BCUT2D eigenvalue weighted by Gasteiger charge is 2.42. The number of aryl methyl sites for hydroxylation is 8. The Morgan fingerprint density at radius 1 is 0.238 bits per heavy atom. The van der Waals surface area contributed by atoms with Crippen LogP contribution in [-0.2, 0) is 22.7 Å². The van der Waals surface area contributed by atoms with Crippen LogP contribution in [0.3, 0.4) is 0 Å². The molecule has 0 aliphatic rings. The zero-order valence-electron chi connectivity index (χ0n) is 78.4. The largest absolute Gasteiger partial charge is 0.478 e. The normalized spacial score (nSPS) is 11.8. The van der Waals surface area contributed by atoms with Gasteiger partial charge in [-0.3, -0.25) is 0 Å². The van der Waals surface area contributed by atoms with E-state index in [1.165, 1.54) is 76.3 Å². The minimum Gasteiger partial charge on any atom is -0.478 e. The molecule has 0 fully saturated rings. The molecule has 0 atom stereocenters. The standard InChI is InChI=1S/C52H48O4P2.C36H48O4P2.C24H22O6/c1-31-13-9-14-32(2)47(31)57(48-33(3)15-10-16-34(48)4)45-29-44(40-23-27-42(28-24-40)52(55)56)46(30-43(45)39-21-25-41(26-22-39)51(53)54)58(49-35(5)17-11-18-36(49)6)50-37(7)19-12-20-38(50)8;1-33(2,3)41(34(4,5)6)29-21-28(24-15-19-26(20-16-24)32(39)40)30(42(35(7,8)9)36(10,11)12)22-27(29)23-13-17-25(18-14-23)31(37)38;1-29-13-19-11-22(16-5-9-18(10-6-16)24(27)28)20(14-30-2)12-21(19)15-3-7-17(8-4-15)23(25)26/h9-30H,1-8H3,(H,53,54)(H,55,56);13-22H,1-12H3,(H,37,38)(H,39,40);3-12H,13-14H2,1-2H3,(H,25,26)(H,27,28). The molecule has 0 aliphatic carbocycles. The molecule has 0 aromatic heterocycles. The topological polar surface area (TPSA) is 242 Å². The summed E-state index contributed by atoms with van der Waals surface area (Å²) >= 11 is 0. The molecule has 0 spiro atoms. The number of carbonyl (C=O) groups is 6. The molecule has 6 N–H and O–H groups in total. The van der Waals surface area contributed by atoms with Gasteiger partial charge in [-0.15, -0.1) is 0 Å². The second-order valence-electron chi connectivity index (χ2n) is 37.1. The van der Waals surface area contributed by atoms with Crippen LogP contribution in [0.2, 0.25) is 0 Å². The Balaban J connectivity index is 0.000000199. The molecule has 18 heteroatoms. The van der Waals surface area contributed by atoms with Gasteiger partial charge in [-0.2, -0.15) is 0 Å². The van der Waals surface area contributed by atoms with Crippen LogP contribution in [0.5, 0.6) is 0 Å². The van der Waals surface area contributed by atoms with Gasteiger partial charge >= 0.3 is 35.8 Å². The van der Waals surface area contributed by atoms with E-state index < -0.39 is 67.5 Å². The molecule has 14 nitrogen and oxygen atoms in total. The van der Waals surface area contributed by atoms with Crippen LogP contribution in [0.1, 0.15) is 201 Å². The van der Waals surface area contributed by atoms with Gasteiger partial charge < -0.3 is 40.1 Å². The van der Waals surface area contributed by atoms with E-state index in [2.05, 4.69) is 236 Å². The average molecular weight is 1810 g/mol. The smallest absolute Gasteiger partial charge is 0.335 e. The van der Waals surface area contributed by atoms with E-state index in [-0.39, 0.29) is 54.0 Å². The number of aromatic carboxylic acids is 6. The molecular formula is C112H118O14P4. The fourth-order valence-electron chi connectivity index (χ4n) is 18.1. The number of carboxylic acids is 6. The van der Waals surface area contributed by atoms with Crippen molar-refractivity contribution in [2.45, 2.75) is 172 Å². The van der Waals surface area contributed by atoms with Crippen LogP contribution in [0.15, 0.2) is 255 Å². The predicted octanol–water partition coefficient (Wildman–Crippen LogP) is 24.9. The number of rotatable bonds is 24. The summed E-state index contributed by atoms with van der Waals surface area (Å²) in [6.07, 6.45) is 0. The molecule has 130 heavy (non-hydrogen) atoms. The van der Waals surface area contributed by atoms with Crippen LogP contribution >= 0.6 is 31.7 Å². The van der Waals surface area contributed by atoms with Gasteiger partial charge in [-0.1, -0.05) is 245 Å². The van der Waals surface area contributed by atoms with E-state index in [1.54, 1.807) is 111 Å². The molecule has 0 radical (unpaired) electrons. The summed E-state index contributed by atoms with van der Waals surface area (Å²) in [5.74, 6) is -5.74. The number of benzene rings is 13. The van der Waals surface area contributed by atoms with Crippen LogP contribution in [-0.4, -0.2) is 101 Å². The molecule has 0 amide bonds. The second-order valence-corrected chi connectivity index (χ2v) is 48.9. The molecule has 0 saturated heterocycles. The molecule has 0 saturated carbocycles. The van der Waals surface area contributed by atoms with Crippen LogP contribution in [0.25, 0.3) is 66.8 Å². The first-order valence-electron chi connectivity index (χ1n) is 43.2. The Bertz CT molecular complexity index is 5780. The minimum absolute atomic E-state index is 0.00587. The zero-order chi connectivity index (χ0) is 95.1. The third-order valence-corrected chi connectivity index (χ3v) is 36.5. The van der Waals surface area contributed by atoms with Crippen LogP contribution < -0.4 is 42.4 Å². The maximum atomic E-state index is 12.2. The average Bonchev–Trinajstić information content (AvgIpc) is 0.737. The van der Waals surface area contributed by atoms with Crippen molar-refractivity contribution in [2.75, 3.05) is 14.2 Å². The van der Waals surface area contributed by atoms with E-state index in [9.17, 15) is 49.2 Å². The quantitative estimate of drug-likeness (QED) is 0.0308. The van der Waals surface area contributed by atoms with Crippen molar-refractivity contribution in [3.05, 3.63) is 344 Å². The van der Waals surface area contributed by atoms with E-state index in [0.717, 1.165) is 88.5 Å². The van der Waals surface area contributed by atoms with Crippen LogP contribution in [0, 0.1) is 55.4 Å². The van der Waals surface area contributed by atoms with Crippen molar-refractivity contribution in [1.29, 1.82) is 0 Å². The summed E-state index contributed by atoms with van der Waals surface area (Å²) < 4.78 is 10.8. The van der Waals surface area contributed by atoms with E-state index in [4.69, 9.17) is 19.7 Å². The van der Waals surface area contributed by atoms with Gasteiger partial charge in [0.25, 0.3) is 0 Å². The van der Waals surface area contributed by atoms with Crippen molar-refractivity contribution < 1.29 is 68.9 Å². The number of hydrogen-bond donors (Lipinski definition) is 6. The maximum absolute atomic E-state index is 12.2. The van der Waals surface area contributed by atoms with Crippen molar-refractivity contribution in [2.24, 2.45) is 0 Å². The Hall–Kier alpha value is -11.7. The highest BCUT2D eigenvalue weighted by Crippen LogP contribution is 2.63. The van der Waals surface area contributed by atoms with E-state index >= 15 is 0 Å². The Morgan fingerprint density at radius 2 is 0.400 bits per heavy atom. The SMILES string of the molecule is CC(C)(C)P(c1cc(-c2ccc(C(=O)O)cc2)c(P(C(C)(C)C)C(C)(C)C)cc1-c1ccc(C(=O)O)cc1)C(C)(C)C.COCc1cc(-c2ccc(C(=O)O)cc2)c(COC)cc1-c1ccc(C(=O)O)cc1.Cc1cccc(C)c1P(c1cc(-c2ccc(C(=O)O)cc2)c(P(c2c(C)cccc2C)c2c(C)cccc2C)cc1-c1ccc(C(=O)O)cc1)c1c(C)cccc1C. The number of methoxy groups -OCH3 is 2. The fraction of sp³-hybridized carbons (Fsp3) is 0.250. The Morgan fingerprint density at radius 3 is 0.562 bits per heavy atom. The fourth-order valence-corrected chi connectivity index (χ4v) is 32.7. The summed E-state index contributed by atoms with van der Waals surface area (Å²) in [6.45, 7) is 46.1. The molecule has 0 aliphatic heterocycles. The molecule has 0 bridgehead atoms. The summed E-state index contributed by atoms with van der Waals surface area (Å²) in [5.41, 5.74) is 25.0. The monoisotopic (exact) mass is 1810 g/mol. The molecule has 13 aromatic rings. The molecule has 13 aromatic carbocycles. The van der Waals surface area contributed by atoms with E-state index in [0.29, 0.717) is 13.2 Å². The van der Waals surface area contributed by atoms with Gasteiger partial charge in [-0.25, -0.2) is 28.8 Å². The summed E-state index contributed by atoms with van der Waals surface area (Å²) in [5, 5.41) is 67.4. The molecule has 670 valence electrons. The highest BCUT2D eigenvalue weighted by molar-refractivity contribution is 7.81. The van der Waals surface area contributed by atoms with Crippen molar-refractivity contribution in [3.63, 3.8) is 0 Å². The lowest BCUT2D eigenvalue weighted by molar-refractivity contribution is 0.0686. The first-order valence-corrected chi connectivity index (χ1v) is 48.6. The van der Waals surface area contributed by atoms with Gasteiger partial charge in [0.15, 0.2) is 0 Å². The first-order chi connectivity index (χ1) is 61.2. The van der Waals surface area contributed by atoms with Crippen LogP contribution in [0.4, 0.5) is 0 Å². The first kappa shape index (κ1) is 98.9. The highest BCUT2D eigenvalue weighted by atomic mass is 31.1. The van der Waals surface area contributed by atoms with Gasteiger partial charge in [0.1, 0.15) is 0 Å². The Kier molecular flexibility index (Phi) is 31.3. The molecular weight excluding hydrogens is 1690 g/mol. The summed E-state index contributed by atoms with van der Waals surface area (Å²) in [4.78, 5) is 70.0. The third kappa shape index (κ3) is 22.5. The molecule has 0 heterocycles. The lowest BCUT2D eigenvalue weighted by Crippen LogP contribution is -2.35. The number of ether oxygens (including phenoxy) is 2. The van der Waals surface area contributed by atoms with Crippen molar-refractivity contribution >= 4 is 110 Å². The van der Waals surface area contributed by atoms with Gasteiger partial charge in [0.2, 0.25) is 0 Å². The minimum atomic E-state index is -1.19. The van der Waals surface area contributed by atoms with Crippen molar-refractivity contribution in [1.82, 2.24) is 0 Å². The third-order valence-electron chi connectivity index (χ3n) is 23.1. The second kappa shape index (κ2) is 41.2. The van der Waals surface area contributed by atoms with Gasteiger partial charge in [-0.05, 0) is 366 Å². The van der Waals surface area contributed by atoms with Gasteiger partial charge in [0, 0.05) is 14.2 Å². The lowest BCUT2D eigenvalue weighted by Gasteiger charge is -2.45. The maximum Gasteiger partial charge on any atom is 0.335 e. The van der Waals surface area contributed by atoms with Crippen molar-refractivity contribution in [3.8, 4) is 66.8 Å². The molecule has 13 rings (SSSR count). The molecule has 0 unspecified atom stereocenters. The summed E-state index contributed by atoms with van der Waals surface area (Å²) in [6, 6.07) is 82.3. The number of hydrogen-bond acceptors (Lipinski definition) is 8. The lowest BCUT2D eigenvalue weighted by atomic mass is 9.90. The van der Waals surface area contributed by atoms with Gasteiger partial charge in [0.05, 0.1) is 46.6 Å².